The van der Waals surface area contributed by atoms with Crippen LogP contribution in [0.5, 0.6) is 0 Å². The van der Waals surface area contributed by atoms with Crippen molar-refractivity contribution in [3.63, 3.8) is 0 Å². The third kappa shape index (κ3) is 1.73. The summed E-state index contributed by atoms with van der Waals surface area (Å²) in [7, 11) is 0. The highest BCUT2D eigenvalue weighted by atomic mass is 16.3. The molecule has 3 N–H and O–H groups in total. The highest BCUT2D eigenvalue weighted by Crippen LogP contribution is 2.53. The zero-order valence-electron chi connectivity index (χ0n) is 10.4. The Hall–Kier alpha value is -1.36. The van der Waals surface area contributed by atoms with Crippen LogP contribution in [0.4, 0.5) is 5.82 Å². The van der Waals surface area contributed by atoms with Crippen molar-refractivity contribution in [1.82, 2.24) is 9.55 Å². The van der Waals surface area contributed by atoms with Gasteiger partial charge in [-0.25, -0.2) is 4.79 Å². The lowest BCUT2D eigenvalue weighted by molar-refractivity contribution is 0.0547. The van der Waals surface area contributed by atoms with Gasteiger partial charge < -0.3 is 10.8 Å². The number of aliphatic hydroxyl groups is 1. The van der Waals surface area contributed by atoms with Crippen molar-refractivity contribution in [2.75, 3.05) is 5.73 Å². The number of nitrogens with zero attached hydrogens (tertiary/aromatic N) is 2. The number of hydrogen-bond acceptors (Lipinski definition) is 4. The first-order chi connectivity index (χ1) is 8.61. The Balaban J connectivity index is 1.85. The second-order valence-electron chi connectivity index (χ2n) is 5.71. The molecule has 0 saturated heterocycles. The fourth-order valence-electron chi connectivity index (χ4n) is 3.72. The summed E-state index contributed by atoms with van der Waals surface area (Å²) in [6, 6.07) is 1.83. The average Bonchev–Trinajstić information content (AvgIpc) is 2.89. The molecule has 1 heterocycles. The van der Waals surface area contributed by atoms with Crippen molar-refractivity contribution in [3.05, 3.63) is 22.7 Å². The predicted molar refractivity (Wildman–Crippen MR) is 68.1 cm³/mol. The molecule has 2 saturated carbocycles. The lowest BCUT2D eigenvalue weighted by Gasteiger charge is -2.27. The molecular formula is C13H19N3O2. The number of hydrogen-bond donors (Lipinski definition) is 2. The molecule has 2 aliphatic rings. The van der Waals surface area contributed by atoms with Gasteiger partial charge in [-0.1, -0.05) is 6.42 Å². The van der Waals surface area contributed by atoms with E-state index >= 15 is 0 Å². The van der Waals surface area contributed by atoms with E-state index in [4.69, 9.17) is 5.73 Å². The van der Waals surface area contributed by atoms with Gasteiger partial charge in [0.2, 0.25) is 0 Å². The maximum Gasteiger partial charge on any atom is 0.349 e. The highest BCUT2D eigenvalue weighted by molar-refractivity contribution is 5.23. The number of nitrogens with two attached hydrogens (primary N) is 1. The summed E-state index contributed by atoms with van der Waals surface area (Å²) in [6.07, 6.45) is 7.47. The molecule has 2 fully saturated rings. The fraction of sp³-hybridized carbons (Fsp3) is 0.692. The second kappa shape index (κ2) is 4.09. The first kappa shape index (κ1) is 11.7. The third-order valence-electron chi connectivity index (χ3n) is 4.72. The lowest BCUT2D eigenvalue weighted by atomic mass is 9.82. The van der Waals surface area contributed by atoms with Crippen LogP contribution < -0.4 is 11.4 Å². The first-order valence-corrected chi connectivity index (χ1v) is 6.63. The zero-order valence-corrected chi connectivity index (χ0v) is 10.4. The van der Waals surface area contributed by atoms with Gasteiger partial charge in [0, 0.05) is 12.2 Å². The summed E-state index contributed by atoms with van der Waals surface area (Å²) in [5.41, 5.74) is 5.27. The van der Waals surface area contributed by atoms with E-state index in [1.807, 2.05) is 0 Å². The number of rotatable bonds is 1. The Labute approximate surface area is 106 Å². The smallest absolute Gasteiger partial charge is 0.349 e. The maximum atomic E-state index is 11.8. The van der Waals surface area contributed by atoms with E-state index in [-0.39, 0.29) is 29.1 Å². The molecule has 2 aliphatic carbocycles. The molecule has 1 spiro atoms. The minimum atomic E-state index is -0.274. The van der Waals surface area contributed by atoms with Crippen LogP contribution in [-0.4, -0.2) is 20.8 Å². The van der Waals surface area contributed by atoms with E-state index < -0.39 is 0 Å². The molecule has 5 nitrogen and oxygen atoms in total. The van der Waals surface area contributed by atoms with Gasteiger partial charge in [0.05, 0.1) is 6.10 Å². The van der Waals surface area contributed by atoms with Crippen LogP contribution in [0.1, 0.15) is 44.6 Å². The van der Waals surface area contributed by atoms with Crippen molar-refractivity contribution in [1.29, 1.82) is 0 Å². The second-order valence-corrected chi connectivity index (χ2v) is 5.71. The largest absolute Gasteiger partial charge is 0.393 e. The molecule has 0 amide bonds. The Kier molecular flexibility index (Phi) is 2.66. The van der Waals surface area contributed by atoms with Crippen LogP contribution in [0.2, 0.25) is 0 Å². The highest BCUT2D eigenvalue weighted by Gasteiger charge is 2.47. The van der Waals surface area contributed by atoms with E-state index in [2.05, 4.69) is 4.98 Å². The summed E-state index contributed by atoms with van der Waals surface area (Å²) in [6.45, 7) is 0. The van der Waals surface area contributed by atoms with Gasteiger partial charge in [-0.3, -0.25) is 4.57 Å². The molecule has 3 atom stereocenters. The van der Waals surface area contributed by atoms with Gasteiger partial charge in [-0.15, -0.1) is 0 Å². The summed E-state index contributed by atoms with van der Waals surface area (Å²) >= 11 is 0. The van der Waals surface area contributed by atoms with Gasteiger partial charge in [0.1, 0.15) is 5.82 Å². The van der Waals surface area contributed by atoms with Gasteiger partial charge in [0.15, 0.2) is 0 Å². The molecular weight excluding hydrogens is 230 g/mol. The molecule has 18 heavy (non-hydrogen) atoms. The molecule has 0 aromatic carbocycles. The Morgan fingerprint density at radius 3 is 2.94 bits per heavy atom. The minimum Gasteiger partial charge on any atom is -0.393 e. The van der Waals surface area contributed by atoms with E-state index in [9.17, 15) is 9.90 Å². The summed E-state index contributed by atoms with van der Waals surface area (Å²) in [5.74, 6) is 0.268. The van der Waals surface area contributed by atoms with E-state index in [0.29, 0.717) is 0 Å². The van der Waals surface area contributed by atoms with Crippen molar-refractivity contribution in [2.45, 2.75) is 50.7 Å². The Morgan fingerprint density at radius 1 is 1.44 bits per heavy atom. The fourth-order valence-corrected chi connectivity index (χ4v) is 3.72. The van der Waals surface area contributed by atoms with Crippen LogP contribution in [0, 0.1) is 5.41 Å². The lowest BCUT2D eigenvalue weighted by Crippen LogP contribution is -2.30. The predicted octanol–water partition coefficient (Wildman–Crippen LogP) is 1.08. The summed E-state index contributed by atoms with van der Waals surface area (Å²) in [4.78, 5) is 15.6. The van der Waals surface area contributed by atoms with Crippen molar-refractivity contribution >= 4 is 5.82 Å². The van der Waals surface area contributed by atoms with Crippen LogP contribution in [0.3, 0.4) is 0 Å². The number of nitrogen functional groups attached to an aromatic ring is 1. The standard InChI is InChI=1S/C13H19N3O2/c14-11-4-7-16(12(18)15-11)9-3-6-13(8-9)5-1-2-10(13)17/h4,7,9-10,17H,1-3,5-6,8H2,(H2,14,15,18)/t9-,10+,13+/m0/s1. The van der Waals surface area contributed by atoms with Crippen LogP contribution >= 0.6 is 0 Å². The van der Waals surface area contributed by atoms with Crippen LogP contribution in [0.25, 0.3) is 0 Å². The zero-order chi connectivity index (χ0) is 12.8. The van der Waals surface area contributed by atoms with Crippen molar-refractivity contribution in [2.24, 2.45) is 5.41 Å². The van der Waals surface area contributed by atoms with Gasteiger partial charge in [-0.2, -0.15) is 4.98 Å². The monoisotopic (exact) mass is 249 g/mol. The summed E-state index contributed by atoms with van der Waals surface area (Å²) in [5, 5.41) is 10.1. The van der Waals surface area contributed by atoms with Gasteiger partial charge in [0.25, 0.3) is 0 Å². The number of aromatic nitrogens is 2. The molecule has 0 aliphatic heterocycles. The topological polar surface area (TPSA) is 81.1 Å². The molecule has 0 unspecified atom stereocenters. The molecule has 3 rings (SSSR count). The Bertz CT molecular complexity index is 513. The van der Waals surface area contributed by atoms with Crippen molar-refractivity contribution < 1.29 is 5.11 Å². The normalized spacial score (nSPS) is 35.4. The molecule has 5 heteroatoms. The quantitative estimate of drug-likeness (QED) is 0.780. The van der Waals surface area contributed by atoms with Crippen LogP contribution in [-0.2, 0) is 0 Å². The SMILES string of the molecule is Nc1ccn([C@H]2CC[C@]3(CCC[C@H]3O)C2)c(=O)n1. The molecule has 0 bridgehead atoms. The average molecular weight is 249 g/mol. The molecule has 0 radical (unpaired) electrons. The van der Waals surface area contributed by atoms with Gasteiger partial charge in [-0.05, 0) is 43.6 Å². The maximum absolute atomic E-state index is 11.8. The van der Waals surface area contributed by atoms with E-state index in [0.717, 1.165) is 38.5 Å². The number of aliphatic hydroxyl groups excluding tert-OH is 1. The van der Waals surface area contributed by atoms with Gasteiger partial charge >= 0.3 is 5.69 Å². The molecule has 1 aromatic rings. The number of anilines is 1. The first-order valence-electron chi connectivity index (χ1n) is 6.63. The molecule has 98 valence electrons. The van der Waals surface area contributed by atoms with E-state index in [1.54, 1.807) is 16.8 Å². The summed E-state index contributed by atoms with van der Waals surface area (Å²) < 4.78 is 1.68. The third-order valence-corrected chi connectivity index (χ3v) is 4.72. The molecule has 1 aromatic heterocycles. The van der Waals surface area contributed by atoms with Crippen LogP contribution in [0.15, 0.2) is 17.1 Å². The Morgan fingerprint density at radius 2 is 2.28 bits per heavy atom. The minimum absolute atomic E-state index is 0.0471. The van der Waals surface area contributed by atoms with Crippen molar-refractivity contribution in [3.8, 4) is 0 Å². The van der Waals surface area contributed by atoms with E-state index in [1.165, 1.54) is 0 Å².